The van der Waals surface area contributed by atoms with Gasteiger partial charge in [-0.3, -0.25) is 4.79 Å². The van der Waals surface area contributed by atoms with E-state index < -0.39 is 0 Å². The second-order valence-electron chi connectivity index (χ2n) is 5.10. The van der Waals surface area contributed by atoms with Crippen molar-refractivity contribution in [3.8, 4) is 0 Å². The summed E-state index contributed by atoms with van der Waals surface area (Å²) in [7, 11) is 0. The molecule has 1 amide bonds. The van der Waals surface area contributed by atoms with E-state index in [-0.39, 0.29) is 5.91 Å². The summed E-state index contributed by atoms with van der Waals surface area (Å²) in [6.45, 7) is 3.55. The zero-order chi connectivity index (χ0) is 13.3. The molecule has 0 radical (unpaired) electrons. The van der Waals surface area contributed by atoms with Gasteiger partial charge >= 0.3 is 0 Å². The van der Waals surface area contributed by atoms with Crippen LogP contribution in [0.4, 0.5) is 0 Å². The molecular formula is C14H24N2O2S. The number of rotatable bonds is 6. The number of hydrogen-bond donors (Lipinski definition) is 2. The Bertz CT molecular complexity index is 315. The van der Waals surface area contributed by atoms with E-state index >= 15 is 0 Å². The number of amides is 1. The number of carbonyl (C=O) groups excluding carboxylic acids is 1. The third-order valence-corrected chi connectivity index (χ3v) is 4.56. The third kappa shape index (κ3) is 5.97. The van der Waals surface area contributed by atoms with Gasteiger partial charge in [-0.1, -0.05) is 11.6 Å². The van der Waals surface area contributed by atoms with E-state index in [2.05, 4.69) is 16.7 Å². The number of nitrogens with one attached hydrogen (secondary N) is 2. The molecule has 0 aromatic rings. The van der Waals surface area contributed by atoms with Crippen molar-refractivity contribution in [2.24, 2.45) is 0 Å². The summed E-state index contributed by atoms with van der Waals surface area (Å²) in [5.74, 6) is 1.63. The van der Waals surface area contributed by atoms with E-state index in [4.69, 9.17) is 4.74 Å². The molecule has 2 aliphatic rings. The predicted molar refractivity (Wildman–Crippen MR) is 79.5 cm³/mol. The highest BCUT2D eigenvalue weighted by Gasteiger charge is 2.14. The highest BCUT2D eigenvalue weighted by Crippen LogP contribution is 2.17. The molecule has 2 N–H and O–H groups in total. The Balaban J connectivity index is 1.52. The fraction of sp³-hybridized carbons (Fsp3) is 0.786. The van der Waals surface area contributed by atoms with Gasteiger partial charge in [0.15, 0.2) is 0 Å². The standard InChI is InChI=1S/C14H24N2O2S/c17-14(16-9-12-4-6-15-7-5-12)11-19-10-13-3-1-2-8-18-13/h4,13,15H,1-3,5-11H2,(H,16,17). The molecule has 2 rings (SSSR count). The van der Waals surface area contributed by atoms with Crippen molar-refractivity contribution in [2.45, 2.75) is 31.8 Å². The first-order chi connectivity index (χ1) is 9.34. The first-order valence-corrected chi connectivity index (χ1v) is 8.35. The van der Waals surface area contributed by atoms with Crippen LogP contribution < -0.4 is 10.6 Å². The summed E-state index contributed by atoms with van der Waals surface area (Å²) in [5.41, 5.74) is 1.34. The normalized spacial score (nSPS) is 23.8. The largest absolute Gasteiger partial charge is 0.377 e. The van der Waals surface area contributed by atoms with Crippen LogP contribution in [0.5, 0.6) is 0 Å². The summed E-state index contributed by atoms with van der Waals surface area (Å²) in [5, 5.41) is 6.26. The minimum Gasteiger partial charge on any atom is -0.377 e. The second kappa shape index (κ2) is 8.61. The van der Waals surface area contributed by atoms with Crippen molar-refractivity contribution < 1.29 is 9.53 Å². The van der Waals surface area contributed by atoms with E-state index in [0.29, 0.717) is 18.4 Å². The highest BCUT2D eigenvalue weighted by molar-refractivity contribution is 7.99. The van der Waals surface area contributed by atoms with Gasteiger partial charge in [-0.2, -0.15) is 0 Å². The third-order valence-electron chi connectivity index (χ3n) is 3.48. The maximum atomic E-state index is 11.7. The van der Waals surface area contributed by atoms with Crippen molar-refractivity contribution in [1.29, 1.82) is 0 Å². The summed E-state index contributed by atoms with van der Waals surface area (Å²) in [6.07, 6.45) is 7.18. The summed E-state index contributed by atoms with van der Waals surface area (Å²) in [6, 6.07) is 0. The molecular weight excluding hydrogens is 260 g/mol. The van der Waals surface area contributed by atoms with Crippen LogP contribution in [-0.2, 0) is 9.53 Å². The van der Waals surface area contributed by atoms with Crippen LogP contribution in [0, 0.1) is 0 Å². The molecule has 0 aromatic heterocycles. The van der Waals surface area contributed by atoms with Gasteiger partial charge in [0.25, 0.3) is 0 Å². The minimum absolute atomic E-state index is 0.139. The molecule has 1 unspecified atom stereocenters. The fourth-order valence-corrected chi connectivity index (χ4v) is 3.25. The quantitative estimate of drug-likeness (QED) is 0.723. The fourth-order valence-electron chi connectivity index (χ4n) is 2.32. The Morgan fingerprint density at radius 1 is 1.53 bits per heavy atom. The Morgan fingerprint density at radius 3 is 3.21 bits per heavy atom. The molecule has 19 heavy (non-hydrogen) atoms. The molecule has 1 atom stereocenters. The number of carbonyl (C=O) groups is 1. The zero-order valence-corrected chi connectivity index (χ0v) is 12.3. The molecule has 0 spiro atoms. The minimum atomic E-state index is 0.139. The molecule has 2 heterocycles. The molecule has 1 fully saturated rings. The Kier molecular flexibility index (Phi) is 6.74. The average molecular weight is 284 g/mol. The average Bonchev–Trinajstić information content (AvgIpc) is 2.47. The van der Waals surface area contributed by atoms with E-state index in [0.717, 1.165) is 38.3 Å². The molecule has 0 saturated carbocycles. The van der Waals surface area contributed by atoms with E-state index in [1.807, 2.05) is 0 Å². The molecule has 0 aliphatic carbocycles. The van der Waals surface area contributed by atoms with Gasteiger partial charge in [-0.15, -0.1) is 11.8 Å². The molecule has 4 nitrogen and oxygen atoms in total. The SMILES string of the molecule is O=C(CSCC1CCCCO1)NCC1=CCNCC1. The van der Waals surface area contributed by atoms with Crippen molar-refractivity contribution in [3.05, 3.63) is 11.6 Å². The lowest BCUT2D eigenvalue weighted by molar-refractivity contribution is -0.118. The monoisotopic (exact) mass is 284 g/mol. The van der Waals surface area contributed by atoms with Crippen molar-refractivity contribution in [2.75, 3.05) is 37.7 Å². The summed E-state index contributed by atoms with van der Waals surface area (Å²) in [4.78, 5) is 11.7. The van der Waals surface area contributed by atoms with Gasteiger partial charge in [0, 0.05) is 25.4 Å². The first-order valence-electron chi connectivity index (χ1n) is 7.19. The Hall–Kier alpha value is -0.520. The molecule has 2 aliphatic heterocycles. The van der Waals surface area contributed by atoms with Gasteiger partial charge in [-0.05, 0) is 32.2 Å². The maximum absolute atomic E-state index is 11.7. The van der Waals surface area contributed by atoms with E-state index in [9.17, 15) is 4.79 Å². The van der Waals surface area contributed by atoms with Gasteiger partial charge in [0.1, 0.15) is 0 Å². The predicted octanol–water partition coefficient (Wildman–Crippen LogP) is 1.32. The van der Waals surface area contributed by atoms with Crippen molar-refractivity contribution >= 4 is 17.7 Å². The van der Waals surface area contributed by atoms with Crippen molar-refractivity contribution in [1.82, 2.24) is 10.6 Å². The van der Waals surface area contributed by atoms with Gasteiger partial charge in [-0.25, -0.2) is 0 Å². The molecule has 1 saturated heterocycles. The Morgan fingerprint density at radius 2 is 2.47 bits per heavy atom. The molecule has 5 heteroatoms. The van der Waals surface area contributed by atoms with Crippen LogP contribution in [0.15, 0.2) is 11.6 Å². The summed E-state index contributed by atoms with van der Waals surface area (Å²) >= 11 is 1.69. The lowest BCUT2D eigenvalue weighted by Gasteiger charge is -2.22. The topological polar surface area (TPSA) is 50.4 Å². The zero-order valence-electron chi connectivity index (χ0n) is 11.5. The number of thioether (sulfide) groups is 1. The van der Waals surface area contributed by atoms with Gasteiger partial charge in [0.2, 0.25) is 5.91 Å². The smallest absolute Gasteiger partial charge is 0.230 e. The van der Waals surface area contributed by atoms with Crippen LogP contribution >= 0.6 is 11.8 Å². The van der Waals surface area contributed by atoms with E-state index in [1.54, 1.807) is 11.8 Å². The van der Waals surface area contributed by atoms with Crippen LogP contribution in [0.3, 0.4) is 0 Å². The molecule has 108 valence electrons. The summed E-state index contributed by atoms with van der Waals surface area (Å²) < 4.78 is 5.65. The van der Waals surface area contributed by atoms with Crippen LogP contribution in [-0.4, -0.2) is 49.8 Å². The lowest BCUT2D eigenvalue weighted by Crippen LogP contribution is -2.31. The van der Waals surface area contributed by atoms with Crippen molar-refractivity contribution in [3.63, 3.8) is 0 Å². The Labute approximate surface area is 119 Å². The molecule has 0 bridgehead atoms. The van der Waals surface area contributed by atoms with Crippen LogP contribution in [0.1, 0.15) is 25.7 Å². The highest BCUT2D eigenvalue weighted by atomic mass is 32.2. The van der Waals surface area contributed by atoms with Gasteiger partial charge in [0.05, 0.1) is 11.9 Å². The second-order valence-corrected chi connectivity index (χ2v) is 6.13. The van der Waals surface area contributed by atoms with Crippen LogP contribution in [0.25, 0.3) is 0 Å². The number of hydrogen-bond acceptors (Lipinski definition) is 4. The first kappa shape index (κ1) is 14.9. The van der Waals surface area contributed by atoms with E-state index in [1.165, 1.54) is 18.4 Å². The number of ether oxygens (including phenoxy) is 1. The molecule has 0 aromatic carbocycles. The lowest BCUT2D eigenvalue weighted by atomic mass is 10.1. The van der Waals surface area contributed by atoms with Gasteiger partial charge < -0.3 is 15.4 Å². The maximum Gasteiger partial charge on any atom is 0.230 e. The van der Waals surface area contributed by atoms with Crippen LogP contribution in [0.2, 0.25) is 0 Å².